The number of nitrogens with zero attached hydrogens (tertiary/aromatic N) is 1. The minimum absolute atomic E-state index is 0.0389. The van der Waals surface area contributed by atoms with E-state index < -0.39 is 10.0 Å². The molecule has 6 nitrogen and oxygen atoms in total. The maximum atomic E-state index is 11.8. The van der Waals surface area contributed by atoms with Crippen LogP contribution in [0, 0.1) is 0 Å². The average Bonchev–Trinajstić information content (AvgIpc) is 2.34. The number of pyridine rings is 1. The van der Waals surface area contributed by atoms with Gasteiger partial charge in [-0.1, -0.05) is 11.6 Å². The van der Waals surface area contributed by atoms with Gasteiger partial charge in [0.1, 0.15) is 4.90 Å². The van der Waals surface area contributed by atoms with Gasteiger partial charge in [-0.25, -0.2) is 13.1 Å². The van der Waals surface area contributed by atoms with E-state index >= 15 is 0 Å². The third kappa shape index (κ3) is 4.87. The van der Waals surface area contributed by atoms with Crippen molar-refractivity contribution in [2.75, 3.05) is 26.4 Å². The van der Waals surface area contributed by atoms with E-state index in [0.29, 0.717) is 13.0 Å². The molecule has 1 aromatic rings. The maximum Gasteiger partial charge on any atom is 0.243 e. The van der Waals surface area contributed by atoms with Crippen molar-refractivity contribution in [2.45, 2.75) is 11.3 Å². The number of aliphatic hydroxyl groups is 1. The van der Waals surface area contributed by atoms with Crippen molar-refractivity contribution in [3.63, 3.8) is 0 Å². The van der Waals surface area contributed by atoms with Crippen LogP contribution in [0.15, 0.2) is 23.4 Å². The Balaban J connectivity index is 2.44. The summed E-state index contributed by atoms with van der Waals surface area (Å²) >= 11 is 5.78. The summed E-state index contributed by atoms with van der Waals surface area (Å²) in [6.07, 6.45) is 3.13. The fourth-order valence-electron chi connectivity index (χ4n) is 1.19. The first-order valence-electron chi connectivity index (χ1n) is 5.35. The highest BCUT2D eigenvalue weighted by Gasteiger charge is 2.16. The van der Waals surface area contributed by atoms with Crippen molar-refractivity contribution in [3.05, 3.63) is 23.5 Å². The normalized spacial score (nSPS) is 11.7. The van der Waals surface area contributed by atoms with Crippen LogP contribution in [0.5, 0.6) is 0 Å². The molecule has 1 heterocycles. The van der Waals surface area contributed by atoms with Crippen molar-refractivity contribution in [3.8, 4) is 0 Å². The van der Waals surface area contributed by atoms with Gasteiger partial charge in [-0.15, -0.1) is 0 Å². The molecule has 0 aliphatic rings. The van der Waals surface area contributed by atoms with Crippen LogP contribution in [0.4, 0.5) is 0 Å². The first kappa shape index (κ1) is 15.3. The second-order valence-electron chi connectivity index (χ2n) is 3.39. The SMILES string of the molecule is O=S(=O)(NCCCOCCO)c1cnccc1Cl. The Labute approximate surface area is 111 Å². The van der Waals surface area contributed by atoms with Crippen LogP contribution in [0.2, 0.25) is 5.02 Å². The van der Waals surface area contributed by atoms with E-state index in [-0.39, 0.29) is 29.7 Å². The predicted octanol–water partition coefficient (Wildman–Crippen LogP) is 0.412. The summed E-state index contributed by atoms with van der Waals surface area (Å²) in [5.74, 6) is 0. The number of aromatic nitrogens is 1. The molecule has 18 heavy (non-hydrogen) atoms. The van der Waals surface area contributed by atoms with E-state index in [1.54, 1.807) is 0 Å². The molecule has 0 aliphatic heterocycles. The van der Waals surface area contributed by atoms with Crippen LogP contribution >= 0.6 is 11.6 Å². The monoisotopic (exact) mass is 294 g/mol. The number of halogens is 1. The zero-order valence-corrected chi connectivity index (χ0v) is 11.2. The number of hydrogen-bond donors (Lipinski definition) is 2. The zero-order valence-electron chi connectivity index (χ0n) is 9.67. The van der Waals surface area contributed by atoms with Gasteiger partial charge < -0.3 is 9.84 Å². The number of ether oxygens (including phenoxy) is 1. The molecule has 0 amide bonds. The van der Waals surface area contributed by atoms with Gasteiger partial charge in [0.15, 0.2) is 0 Å². The van der Waals surface area contributed by atoms with Gasteiger partial charge in [0, 0.05) is 25.5 Å². The Kier molecular flexibility index (Phi) is 6.51. The molecule has 0 aromatic carbocycles. The molecule has 2 N–H and O–H groups in total. The van der Waals surface area contributed by atoms with Crippen molar-refractivity contribution in [1.29, 1.82) is 0 Å². The van der Waals surface area contributed by atoms with Gasteiger partial charge >= 0.3 is 0 Å². The number of nitrogens with one attached hydrogen (secondary N) is 1. The van der Waals surface area contributed by atoms with Crippen molar-refractivity contribution >= 4 is 21.6 Å². The lowest BCUT2D eigenvalue weighted by molar-refractivity contribution is 0.0913. The van der Waals surface area contributed by atoms with Gasteiger partial charge in [-0.2, -0.15) is 0 Å². The van der Waals surface area contributed by atoms with Crippen LogP contribution in [0.1, 0.15) is 6.42 Å². The summed E-state index contributed by atoms with van der Waals surface area (Å²) in [5, 5.41) is 8.61. The number of sulfonamides is 1. The van der Waals surface area contributed by atoms with E-state index in [9.17, 15) is 8.42 Å². The second kappa shape index (κ2) is 7.65. The van der Waals surface area contributed by atoms with Gasteiger partial charge in [-0.3, -0.25) is 4.98 Å². The molecular weight excluding hydrogens is 280 g/mol. The lowest BCUT2D eigenvalue weighted by atomic mass is 10.5. The van der Waals surface area contributed by atoms with Gasteiger partial charge in [0.2, 0.25) is 10.0 Å². The molecule has 0 radical (unpaired) electrons. The summed E-state index contributed by atoms with van der Waals surface area (Å²) in [6.45, 7) is 0.820. The Hall–Kier alpha value is -0.730. The summed E-state index contributed by atoms with van der Waals surface area (Å²) in [7, 11) is -3.63. The quantitative estimate of drug-likeness (QED) is 0.678. The lowest BCUT2D eigenvalue weighted by Crippen LogP contribution is -2.26. The van der Waals surface area contributed by atoms with E-state index in [1.165, 1.54) is 18.5 Å². The van der Waals surface area contributed by atoms with Crippen LogP contribution in [0.3, 0.4) is 0 Å². The molecule has 8 heteroatoms. The van der Waals surface area contributed by atoms with Crippen LogP contribution in [-0.4, -0.2) is 44.9 Å². The van der Waals surface area contributed by atoms with Gasteiger partial charge in [0.05, 0.1) is 18.2 Å². The molecule has 102 valence electrons. The molecule has 0 aliphatic carbocycles. The Bertz CT molecular complexity index is 467. The number of rotatable bonds is 8. The molecule has 1 aromatic heterocycles. The molecule has 0 spiro atoms. The second-order valence-corrected chi connectivity index (χ2v) is 5.54. The molecule has 0 fully saturated rings. The molecular formula is C10H15ClN2O4S. The van der Waals surface area contributed by atoms with Crippen LogP contribution < -0.4 is 4.72 Å². The fourth-order valence-corrected chi connectivity index (χ4v) is 2.69. The molecule has 0 atom stereocenters. The minimum Gasteiger partial charge on any atom is -0.394 e. The van der Waals surface area contributed by atoms with Crippen molar-refractivity contribution < 1.29 is 18.3 Å². The third-order valence-corrected chi connectivity index (χ3v) is 3.95. The standard InChI is InChI=1S/C10H15ClN2O4S/c11-9-2-4-12-8-10(9)18(15,16)13-3-1-6-17-7-5-14/h2,4,8,13-14H,1,3,5-7H2. The zero-order chi connectivity index (χ0) is 13.4. The molecule has 0 unspecified atom stereocenters. The summed E-state index contributed by atoms with van der Waals surface area (Å²) in [6, 6.07) is 1.42. The first-order chi connectivity index (χ1) is 8.58. The summed E-state index contributed by atoms with van der Waals surface area (Å²) in [5.41, 5.74) is 0. The number of aliphatic hydroxyl groups excluding tert-OH is 1. The van der Waals surface area contributed by atoms with E-state index in [4.69, 9.17) is 21.4 Å². The smallest absolute Gasteiger partial charge is 0.243 e. The summed E-state index contributed by atoms with van der Waals surface area (Å²) < 4.78 is 31.1. The van der Waals surface area contributed by atoms with E-state index in [1.807, 2.05) is 0 Å². The van der Waals surface area contributed by atoms with Crippen LogP contribution in [0.25, 0.3) is 0 Å². The largest absolute Gasteiger partial charge is 0.394 e. The maximum absolute atomic E-state index is 11.8. The van der Waals surface area contributed by atoms with Gasteiger partial charge in [0.25, 0.3) is 0 Å². The Morgan fingerprint density at radius 1 is 1.44 bits per heavy atom. The first-order valence-corrected chi connectivity index (χ1v) is 7.22. The fraction of sp³-hybridized carbons (Fsp3) is 0.500. The van der Waals surface area contributed by atoms with Crippen LogP contribution in [-0.2, 0) is 14.8 Å². The van der Waals surface area contributed by atoms with E-state index in [0.717, 1.165) is 0 Å². The highest BCUT2D eigenvalue weighted by atomic mass is 35.5. The Morgan fingerprint density at radius 2 is 2.22 bits per heavy atom. The minimum atomic E-state index is -3.63. The predicted molar refractivity (Wildman–Crippen MR) is 67.0 cm³/mol. The molecule has 0 saturated carbocycles. The highest BCUT2D eigenvalue weighted by molar-refractivity contribution is 7.89. The molecule has 0 bridgehead atoms. The Morgan fingerprint density at radius 3 is 2.89 bits per heavy atom. The van der Waals surface area contributed by atoms with E-state index in [2.05, 4.69) is 9.71 Å². The topological polar surface area (TPSA) is 88.5 Å². The average molecular weight is 295 g/mol. The highest BCUT2D eigenvalue weighted by Crippen LogP contribution is 2.18. The summed E-state index contributed by atoms with van der Waals surface area (Å²) in [4.78, 5) is 3.69. The molecule has 0 saturated heterocycles. The van der Waals surface area contributed by atoms with Crippen molar-refractivity contribution in [2.24, 2.45) is 0 Å². The lowest BCUT2D eigenvalue weighted by Gasteiger charge is -2.07. The van der Waals surface area contributed by atoms with Crippen molar-refractivity contribution in [1.82, 2.24) is 9.71 Å². The number of hydrogen-bond acceptors (Lipinski definition) is 5. The third-order valence-electron chi connectivity index (χ3n) is 2.02. The van der Waals surface area contributed by atoms with Gasteiger partial charge in [-0.05, 0) is 12.5 Å². The molecule has 1 rings (SSSR count).